The van der Waals surface area contributed by atoms with E-state index in [0.717, 1.165) is 19.3 Å². The van der Waals surface area contributed by atoms with Gasteiger partial charge in [0, 0.05) is 26.4 Å². The second-order valence-electron chi connectivity index (χ2n) is 8.23. The van der Waals surface area contributed by atoms with Crippen LogP contribution in [0.15, 0.2) is 12.7 Å². The van der Waals surface area contributed by atoms with E-state index in [9.17, 15) is 14.2 Å². The van der Waals surface area contributed by atoms with Crippen LogP contribution in [-0.4, -0.2) is 50.3 Å². The molecule has 2 amide bonds. The maximum atomic E-state index is 12.7. The third-order valence-electron chi connectivity index (χ3n) is 4.99. The van der Waals surface area contributed by atoms with Gasteiger partial charge in [-0.15, -0.1) is 6.58 Å². The fraction of sp³-hybridized carbons (Fsp3) is 0.826. The maximum Gasteiger partial charge on any atom is 0.475 e. The van der Waals surface area contributed by atoms with Crippen LogP contribution in [0.1, 0.15) is 85.0 Å². The van der Waals surface area contributed by atoms with Gasteiger partial charge >= 0.3 is 7.82 Å². The van der Waals surface area contributed by atoms with Crippen molar-refractivity contribution in [2.45, 2.75) is 97.1 Å². The highest BCUT2D eigenvalue weighted by atomic mass is 31.2. The van der Waals surface area contributed by atoms with Crippen LogP contribution < -0.4 is 16.4 Å². The van der Waals surface area contributed by atoms with Gasteiger partial charge < -0.3 is 16.4 Å². The molecule has 0 saturated heterocycles. The monoisotopic (exact) mass is 491 g/mol. The average Bonchev–Trinajstić information content (AvgIpc) is 2.76. The zero-order valence-electron chi connectivity index (χ0n) is 20.8. The van der Waals surface area contributed by atoms with E-state index in [0.29, 0.717) is 12.8 Å². The molecule has 0 radical (unpaired) electrons. The van der Waals surface area contributed by atoms with Crippen LogP contribution in [0.25, 0.3) is 0 Å². The molecule has 0 rings (SSSR count). The first-order valence-corrected chi connectivity index (χ1v) is 13.6. The Labute approximate surface area is 200 Å². The van der Waals surface area contributed by atoms with Gasteiger partial charge in [-0.05, 0) is 19.3 Å². The van der Waals surface area contributed by atoms with Crippen LogP contribution in [0.3, 0.4) is 0 Å². The number of rotatable bonds is 22. The third kappa shape index (κ3) is 18.8. The Hall–Kier alpha value is -1.25. The maximum absolute atomic E-state index is 12.7. The summed E-state index contributed by atoms with van der Waals surface area (Å²) in [5, 5.41) is 5.82. The van der Waals surface area contributed by atoms with Gasteiger partial charge in [0.2, 0.25) is 11.8 Å². The Balaban J connectivity index is 4.77. The molecule has 3 unspecified atom stereocenters. The van der Waals surface area contributed by atoms with Crippen LogP contribution in [-0.2, 0) is 27.7 Å². The predicted octanol–water partition coefficient (Wildman–Crippen LogP) is 4.22. The Morgan fingerprint density at radius 3 is 2.06 bits per heavy atom. The summed E-state index contributed by atoms with van der Waals surface area (Å²) in [5.74, 6) is -0.302. The summed E-state index contributed by atoms with van der Waals surface area (Å²) in [6, 6.07) is -0.401. The van der Waals surface area contributed by atoms with E-state index in [1.54, 1.807) is 0 Å². The minimum absolute atomic E-state index is 0.00426. The molecule has 33 heavy (non-hydrogen) atoms. The van der Waals surface area contributed by atoms with Gasteiger partial charge in [-0.2, -0.15) is 0 Å². The van der Waals surface area contributed by atoms with Crippen LogP contribution in [0.4, 0.5) is 0 Å². The zero-order valence-corrected chi connectivity index (χ0v) is 21.7. The van der Waals surface area contributed by atoms with Crippen molar-refractivity contribution < 1.29 is 27.7 Å². The Kier molecular flexibility index (Phi) is 19.4. The minimum atomic E-state index is -3.83. The largest absolute Gasteiger partial charge is 0.475 e. The molecule has 194 valence electrons. The van der Waals surface area contributed by atoms with Crippen LogP contribution in [0.2, 0.25) is 0 Å². The number of amides is 2. The van der Waals surface area contributed by atoms with Crippen LogP contribution in [0.5, 0.6) is 0 Å². The lowest BCUT2D eigenvalue weighted by Gasteiger charge is -2.24. The molecule has 0 bridgehead atoms. The molecule has 9 nitrogen and oxygen atoms in total. The fourth-order valence-corrected chi connectivity index (χ4v) is 4.62. The van der Waals surface area contributed by atoms with Gasteiger partial charge in [-0.1, -0.05) is 57.9 Å². The number of nitrogens with two attached hydrogens (primary N) is 1. The van der Waals surface area contributed by atoms with Gasteiger partial charge in [-0.25, -0.2) is 4.57 Å². The molecule has 0 saturated carbocycles. The summed E-state index contributed by atoms with van der Waals surface area (Å²) in [7, 11) is -3.83. The quantitative estimate of drug-likeness (QED) is 0.117. The summed E-state index contributed by atoms with van der Waals surface area (Å²) in [6.07, 6.45) is 11.9. The van der Waals surface area contributed by atoms with Crippen molar-refractivity contribution in [2.75, 3.05) is 26.4 Å². The van der Waals surface area contributed by atoms with Crippen molar-refractivity contribution in [1.29, 1.82) is 0 Å². The molecule has 4 N–H and O–H groups in total. The highest BCUT2D eigenvalue weighted by Gasteiger charge is 2.28. The SMILES string of the molecule is C=CCOP(=O)(OCCN)OCC(CCC(CCCCCCCCC)NC(C)=O)NC(C)=O. The standard InChI is InChI=1S/C23H46N3O6P/c1-5-7-8-9-10-11-12-13-22(25-20(3)27)14-15-23(26-21(4)28)19-32-33(29,30-17-6-2)31-18-16-24/h6,22-23H,2,5,7-19,24H2,1,3-4H3,(H,25,27)(H,26,28). The summed E-state index contributed by atoms with van der Waals surface area (Å²) < 4.78 is 28.6. The molecule has 10 heteroatoms. The van der Waals surface area contributed by atoms with E-state index in [2.05, 4.69) is 24.1 Å². The number of carbonyl (C=O) groups is 2. The Morgan fingerprint density at radius 2 is 1.48 bits per heavy atom. The van der Waals surface area contributed by atoms with Gasteiger partial charge in [0.25, 0.3) is 0 Å². The molecule has 0 aliphatic rings. The van der Waals surface area contributed by atoms with Gasteiger partial charge in [0.15, 0.2) is 0 Å². The molecular formula is C23H46N3O6P. The van der Waals surface area contributed by atoms with Crippen molar-refractivity contribution in [3.05, 3.63) is 12.7 Å². The summed E-state index contributed by atoms with van der Waals surface area (Å²) in [4.78, 5) is 23.3. The van der Waals surface area contributed by atoms with E-state index in [-0.39, 0.29) is 44.2 Å². The number of unbranched alkanes of at least 4 members (excludes halogenated alkanes) is 6. The lowest BCUT2D eigenvalue weighted by atomic mass is 9.99. The first-order valence-electron chi connectivity index (χ1n) is 12.1. The molecule has 0 heterocycles. The second kappa shape index (κ2) is 20.2. The average molecular weight is 492 g/mol. The second-order valence-corrected chi connectivity index (χ2v) is 9.90. The smallest absolute Gasteiger partial charge is 0.354 e. The molecule has 0 aromatic rings. The molecule has 0 fully saturated rings. The van der Waals surface area contributed by atoms with Gasteiger partial charge in [-0.3, -0.25) is 23.2 Å². The summed E-state index contributed by atoms with van der Waals surface area (Å²) in [5.41, 5.74) is 5.42. The molecule has 0 aliphatic carbocycles. The molecule has 0 aliphatic heterocycles. The Bertz CT molecular complexity index is 591. The minimum Gasteiger partial charge on any atom is -0.354 e. The fourth-order valence-electron chi connectivity index (χ4n) is 3.41. The van der Waals surface area contributed by atoms with Crippen molar-refractivity contribution in [3.8, 4) is 0 Å². The molecule has 0 aromatic carbocycles. The van der Waals surface area contributed by atoms with E-state index in [1.807, 2.05) is 0 Å². The number of nitrogens with one attached hydrogen (secondary N) is 2. The summed E-state index contributed by atoms with van der Waals surface area (Å²) in [6.45, 7) is 8.78. The lowest BCUT2D eigenvalue weighted by Crippen LogP contribution is -2.39. The van der Waals surface area contributed by atoms with E-state index in [1.165, 1.54) is 52.0 Å². The molecule has 0 aromatic heterocycles. The lowest BCUT2D eigenvalue weighted by molar-refractivity contribution is -0.121. The zero-order chi connectivity index (χ0) is 25.0. The van der Waals surface area contributed by atoms with Crippen molar-refractivity contribution >= 4 is 19.6 Å². The molecule has 3 atom stereocenters. The molecule has 0 spiro atoms. The predicted molar refractivity (Wildman–Crippen MR) is 132 cm³/mol. The third-order valence-corrected chi connectivity index (χ3v) is 6.42. The van der Waals surface area contributed by atoms with Crippen molar-refractivity contribution in [3.63, 3.8) is 0 Å². The number of phosphoric ester groups is 1. The van der Waals surface area contributed by atoms with E-state index >= 15 is 0 Å². The first-order chi connectivity index (χ1) is 15.8. The van der Waals surface area contributed by atoms with Crippen molar-refractivity contribution in [1.82, 2.24) is 10.6 Å². The first kappa shape index (κ1) is 31.8. The highest BCUT2D eigenvalue weighted by molar-refractivity contribution is 7.48. The topological polar surface area (TPSA) is 129 Å². The van der Waals surface area contributed by atoms with E-state index in [4.69, 9.17) is 19.3 Å². The number of phosphoric acid groups is 1. The number of hydrogen-bond acceptors (Lipinski definition) is 7. The van der Waals surface area contributed by atoms with Crippen molar-refractivity contribution in [2.24, 2.45) is 5.73 Å². The number of carbonyl (C=O) groups excluding carboxylic acids is 2. The summed E-state index contributed by atoms with van der Waals surface area (Å²) >= 11 is 0. The van der Waals surface area contributed by atoms with Crippen LogP contribution in [0, 0.1) is 0 Å². The number of hydrogen-bond donors (Lipinski definition) is 3. The molecular weight excluding hydrogens is 445 g/mol. The van der Waals surface area contributed by atoms with Gasteiger partial charge in [0.05, 0.1) is 25.9 Å². The van der Waals surface area contributed by atoms with Crippen LogP contribution >= 0.6 is 7.82 Å². The Morgan fingerprint density at radius 1 is 0.909 bits per heavy atom. The normalized spacial score (nSPS) is 14.8. The van der Waals surface area contributed by atoms with E-state index < -0.39 is 13.9 Å². The highest BCUT2D eigenvalue weighted by Crippen LogP contribution is 2.49. The van der Waals surface area contributed by atoms with Gasteiger partial charge in [0.1, 0.15) is 0 Å².